The molecular weight excluding hydrogens is 334 g/mol. The lowest BCUT2D eigenvalue weighted by molar-refractivity contribution is 0.283. The molecule has 0 saturated heterocycles. The highest BCUT2D eigenvalue weighted by molar-refractivity contribution is 7.89. The van der Waals surface area contributed by atoms with Gasteiger partial charge in [0.05, 0.1) is 17.9 Å². The topological polar surface area (TPSA) is 59.3 Å². The second-order valence-corrected chi connectivity index (χ2v) is 7.68. The van der Waals surface area contributed by atoms with Crippen LogP contribution >= 0.6 is 11.6 Å². The molecule has 0 fully saturated rings. The van der Waals surface area contributed by atoms with Gasteiger partial charge in [-0.2, -0.15) is 0 Å². The van der Waals surface area contributed by atoms with Crippen LogP contribution in [-0.4, -0.2) is 17.5 Å². The van der Waals surface area contributed by atoms with Crippen LogP contribution in [0, 0.1) is 6.92 Å². The molecule has 1 heterocycles. The summed E-state index contributed by atoms with van der Waals surface area (Å²) in [6.07, 6.45) is 1.52. The Labute approximate surface area is 140 Å². The van der Waals surface area contributed by atoms with E-state index in [9.17, 15) is 13.5 Å². The van der Waals surface area contributed by atoms with E-state index in [-0.39, 0.29) is 12.4 Å². The molecule has 0 atom stereocenters. The normalized spacial score (nSPS) is 12.0. The monoisotopic (exact) mass is 349 g/mol. The summed E-state index contributed by atoms with van der Waals surface area (Å²) in [5, 5.41) is 10.6. The van der Waals surface area contributed by atoms with Gasteiger partial charge in [0.25, 0.3) is 0 Å². The summed E-state index contributed by atoms with van der Waals surface area (Å²) in [6.45, 7) is 1.57. The largest absolute Gasteiger partial charge is 0.392 e. The van der Waals surface area contributed by atoms with Crippen molar-refractivity contribution in [1.82, 2.24) is 3.97 Å². The summed E-state index contributed by atoms with van der Waals surface area (Å²) in [5.41, 5.74) is 2.59. The van der Waals surface area contributed by atoms with E-state index in [2.05, 4.69) is 0 Å². The molecule has 0 radical (unpaired) electrons. The van der Waals surface area contributed by atoms with Gasteiger partial charge in [-0.25, -0.2) is 12.4 Å². The number of nitrogens with zero attached hydrogens (tertiary/aromatic N) is 1. The third kappa shape index (κ3) is 2.87. The predicted molar refractivity (Wildman–Crippen MR) is 92.1 cm³/mol. The van der Waals surface area contributed by atoms with Crippen LogP contribution in [0.5, 0.6) is 0 Å². The van der Waals surface area contributed by atoms with Crippen molar-refractivity contribution in [2.45, 2.75) is 19.3 Å². The average molecular weight is 350 g/mol. The summed E-state index contributed by atoms with van der Waals surface area (Å²) >= 11 is 6.14. The Morgan fingerprint density at radius 1 is 1.17 bits per heavy atom. The zero-order valence-corrected chi connectivity index (χ0v) is 14.1. The zero-order valence-electron chi connectivity index (χ0n) is 12.5. The van der Waals surface area contributed by atoms with Crippen molar-refractivity contribution in [3.8, 4) is 0 Å². The van der Waals surface area contributed by atoms with Crippen LogP contribution < -0.4 is 0 Å². The SMILES string of the molecule is Cc1cc(Cl)c(CO)c2ccn(S(=O)(=O)Cc3ccccc3)c12. The van der Waals surface area contributed by atoms with E-state index in [1.54, 1.807) is 24.3 Å². The molecule has 4 nitrogen and oxygen atoms in total. The fraction of sp³-hybridized carbons (Fsp3) is 0.176. The first-order chi connectivity index (χ1) is 10.9. The molecule has 120 valence electrons. The third-order valence-electron chi connectivity index (χ3n) is 3.83. The molecular formula is C17H16ClNO3S. The molecule has 0 bridgehead atoms. The number of hydrogen-bond donors (Lipinski definition) is 1. The van der Waals surface area contributed by atoms with Crippen molar-refractivity contribution >= 4 is 32.5 Å². The van der Waals surface area contributed by atoms with E-state index in [0.717, 1.165) is 11.1 Å². The highest BCUT2D eigenvalue weighted by atomic mass is 35.5. The van der Waals surface area contributed by atoms with E-state index in [1.165, 1.54) is 10.2 Å². The number of fused-ring (bicyclic) bond motifs is 1. The molecule has 6 heteroatoms. The molecule has 0 amide bonds. The fourth-order valence-electron chi connectivity index (χ4n) is 2.77. The number of aryl methyl sites for hydroxylation is 1. The van der Waals surface area contributed by atoms with Crippen molar-refractivity contribution in [1.29, 1.82) is 0 Å². The maximum atomic E-state index is 12.8. The predicted octanol–water partition coefficient (Wildman–Crippen LogP) is 3.47. The first kappa shape index (κ1) is 16.1. The molecule has 0 aliphatic carbocycles. The number of aromatic nitrogens is 1. The Kier molecular flexibility index (Phi) is 4.19. The Bertz CT molecular complexity index is 962. The molecule has 1 aromatic heterocycles. The molecule has 2 aromatic carbocycles. The van der Waals surface area contributed by atoms with Crippen LogP contribution in [0.1, 0.15) is 16.7 Å². The first-order valence-corrected chi connectivity index (χ1v) is 9.10. The Balaban J connectivity index is 2.17. The molecule has 0 unspecified atom stereocenters. The summed E-state index contributed by atoms with van der Waals surface area (Å²) in [7, 11) is -3.56. The molecule has 1 N–H and O–H groups in total. The van der Waals surface area contributed by atoms with E-state index < -0.39 is 10.0 Å². The smallest absolute Gasteiger partial charge is 0.243 e. The Morgan fingerprint density at radius 3 is 2.52 bits per heavy atom. The second-order valence-electron chi connectivity index (χ2n) is 5.43. The van der Waals surface area contributed by atoms with Crippen molar-refractivity contribution in [2.75, 3.05) is 0 Å². The van der Waals surface area contributed by atoms with E-state index >= 15 is 0 Å². The maximum Gasteiger partial charge on any atom is 0.243 e. The third-order valence-corrected chi connectivity index (χ3v) is 5.77. The molecule has 3 rings (SSSR count). The van der Waals surface area contributed by atoms with E-state index in [4.69, 9.17) is 11.6 Å². The van der Waals surface area contributed by atoms with Gasteiger partial charge in [-0.1, -0.05) is 41.9 Å². The lowest BCUT2D eigenvalue weighted by Gasteiger charge is -2.11. The van der Waals surface area contributed by atoms with Gasteiger partial charge in [-0.15, -0.1) is 0 Å². The minimum absolute atomic E-state index is 0.0891. The van der Waals surface area contributed by atoms with Crippen molar-refractivity contribution in [2.24, 2.45) is 0 Å². The minimum Gasteiger partial charge on any atom is -0.392 e. The molecule has 3 aromatic rings. The Morgan fingerprint density at radius 2 is 1.87 bits per heavy atom. The van der Waals surface area contributed by atoms with Crippen LogP contribution in [0.25, 0.3) is 10.9 Å². The number of rotatable bonds is 4. The van der Waals surface area contributed by atoms with Gasteiger partial charge in [0, 0.05) is 22.2 Å². The number of benzene rings is 2. The number of hydrogen-bond acceptors (Lipinski definition) is 3. The highest BCUT2D eigenvalue weighted by Gasteiger charge is 2.20. The van der Waals surface area contributed by atoms with Gasteiger partial charge in [0.2, 0.25) is 10.0 Å². The van der Waals surface area contributed by atoms with Crippen molar-refractivity contribution in [3.63, 3.8) is 0 Å². The summed E-state index contributed by atoms with van der Waals surface area (Å²) < 4.78 is 26.8. The fourth-order valence-corrected chi connectivity index (χ4v) is 4.61. The first-order valence-electron chi connectivity index (χ1n) is 7.11. The zero-order chi connectivity index (χ0) is 16.6. The number of aliphatic hydroxyl groups excluding tert-OH is 1. The van der Waals surface area contributed by atoms with Gasteiger partial charge >= 0.3 is 0 Å². The van der Waals surface area contributed by atoms with Crippen LogP contribution in [0.4, 0.5) is 0 Å². The summed E-state index contributed by atoms with van der Waals surface area (Å²) in [5.74, 6) is -0.0891. The molecule has 0 aliphatic rings. The summed E-state index contributed by atoms with van der Waals surface area (Å²) in [6, 6.07) is 12.4. The number of aliphatic hydroxyl groups is 1. The van der Waals surface area contributed by atoms with Gasteiger partial charge in [0.1, 0.15) is 0 Å². The van der Waals surface area contributed by atoms with Crippen LogP contribution in [-0.2, 0) is 22.4 Å². The quantitative estimate of drug-likeness (QED) is 0.784. The van der Waals surface area contributed by atoms with Gasteiger partial charge in [-0.05, 0) is 30.2 Å². The molecule has 0 spiro atoms. The van der Waals surface area contributed by atoms with E-state index in [0.29, 0.717) is 21.5 Å². The molecule has 0 saturated carbocycles. The lowest BCUT2D eigenvalue weighted by atomic mass is 10.1. The lowest BCUT2D eigenvalue weighted by Crippen LogP contribution is -2.14. The van der Waals surface area contributed by atoms with Gasteiger partial charge < -0.3 is 5.11 Å². The second kappa shape index (κ2) is 6.00. The Hall–Kier alpha value is -1.82. The standard InChI is InChI=1S/C17H16ClNO3S/c1-12-9-16(18)15(10-20)14-7-8-19(17(12)14)23(21,22)11-13-5-3-2-4-6-13/h2-9,20H,10-11H2,1H3. The average Bonchev–Trinajstić information content (AvgIpc) is 2.94. The molecule has 0 aliphatic heterocycles. The van der Waals surface area contributed by atoms with Crippen LogP contribution in [0.2, 0.25) is 5.02 Å². The summed E-state index contributed by atoms with van der Waals surface area (Å²) in [4.78, 5) is 0. The maximum absolute atomic E-state index is 12.8. The van der Waals surface area contributed by atoms with Crippen molar-refractivity contribution in [3.05, 3.63) is 70.4 Å². The van der Waals surface area contributed by atoms with Crippen LogP contribution in [0.15, 0.2) is 48.7 Å². The van der Waals surface area contributed by atoms with E-state index in [1.807, 2.05) is 25.1 Å². The van der Waals surface area contributed by atoms with Gasteiger partial charge in [-0.3, -0.25) is 0 Å². The minimum atomic E-state index is -3.56. The van der Waals surface area contributed by atoms with Gasteiger partial charge in [0.15, 0.2) is 0 Å². The van der Waals surface area contributed by atoms with Crippen LogP contribution in [0.3, 0.4) is 0 Å². The highest BCUT2D eigenvalue weighted by Crippen LogP contribution is 2.31. The molecule has 23 heavy (non-hydrogen) atoms. The van der Waals surface area contributed by atoms with Crippen molar-refractivity contribution < 1.29 is 13.5 Å². The number of halogens is 1.